The molecule has 1 amide bonds. The lowest BCUT2D eigenvalue weighted by Gasteiger charge is -2.18. The fourth-order valence-corrected chi connectivity index (χ4v) is 4.50. The third-order valence-electron chi connectivity index (χ3n) is 5.03. The zero-order chi connectivity index (χ0) is 23.3. The molecule has 0 spiro atoms. The highest BCUT2D eigenvalue weighted by Gasteiger charge is 2.19. The first kappa shape index (κ1) is 23.6. The minimum Gasteiger partial charge on any atom is -0.497 e. The molecule has 0 fully saturated rings. The van der Waals surface area contributed by atoms with E-state index in [1.165, 1.54) is 30.3 Å². The molecule has 3 aromatic rings. The normalized spacial score (nSPS) is 12.1. The fourth-order valence-electron chi connectivity index (χ4n) is 3.19. The lowest BCUT2D eigenvalue weighted by atomic mass is 10.0. The molecule has 0 heterocycles. The third-order valence-corrected chi connectivity index (χ3v) is 6.74. The number of ether oxygens (including phenoxy) is 1. The number of carbonyl (C=O) groups is 1. The van der Waals surface area contributed by atoms with Crippen LogP contribution in [0.2, 0.25) is 5.02 Å². The monoisotopic (exact) mass is 472 g/mol. The van der Waals surface area contributed by atoms with Gasteiger partial charge in [0.25, 0.3) is 15.9 Å². The molecule has 0 saturated heterocycles. The molecule has 1 atom stereocenters. The summed E-state index contributed by atoms with van der Waals surface area (Å²) in [4.78, 5) is 13.0. The van der Waals surface area contributed by atoms with Gasteiger partial charge in [-0.2, -0.15) is 0 Å². The highest BCUT2D eigenvalue weighted by atomic mass is 35.5. The molecule has 0 aliphatic carbocycles. The minimum absolute atomic E-state index is 0.145. The Labute approximate surface area is 193 Å². The summed E-state index contributed by atoms with van der Waals surface area (Å²) < 4.78 is 32.8. The van der Waals surface area contributed by atoms with E-state index in [1.807, 2.05) is 38.1 Å². The Bertz CT molecular complexity index is 1190. The average Bonchev–Trinajstić information content (AvgIpc) is 2.77. The Morgan fingerprint density at radius 2 is 1.69 bits per heavy atom. The zero-order valence-corrected chi connectivity index (χ0v) is 19.6. The van der Waals surface area contributed by atoms with Crippen LogP contribution in [0.1, 0.15) is 40.9 Å². The van der Waals surface area contributed by atoms with Gasteiger partial charge in [-0.05, 0) is 61.4 Å². The van der Waals surface area contributed by atoms with Crippen LogP contribution in [-0.2, 0) is 10.0 Å². The summed E-state index contributed by atoms with van der Waals surface area (Å²) in [6.45, 7) is 3.85. The Morgan fingerprint density at radius 3 is 2.25 bits per heavy atom. The number of methoxy groups -OCH3 is 1. The van der Waals surface area contributed by atoms with E-state index in [4.69, 9.17) is 16.3 Å². The molecule has 0 saturated carbocycles. The number of benzene rings is 3. The van der Waals surface area contributed by atoms with Crippen LogP contribution < -0.4 is 14.8 Å². The molecule has 32 heavy (non-hydrogen) atoms. The molecule has 2 N–H and O–H groups in total. The van der Waals surface area contributed by atoms with Crippen LogP contribution in [0.15, 0.2) is 71.6 Å². The minimum atomic E-state index is -3.76. The highest BCUT2D eigenvalue weighted by Crippen LogP contribution is 2.25. The van der Waals surface area contributed by atoms with Crippen LogP contribution in [0.5, 0.6) is 5.75 Å². The first-order valence-electron chi connectivity index (χ1n) is 10.1. The summed E-state index contributed by atoms with van der Waals surface area (Å²) in [6.07, 6.45) is 0.685. The molecule has 0 aromatic heterocycles. The average molecular weight is 473 g/mol. The van der Waals surface area contributed by atoms with E-state index in [2.05, 4.69) is 10.0 Å². The zero-order valence-electron chi connectivity index (χ0n) is 18.1. The van der Waals surface area contributed by atoms with E-state index < -0.39 is 10.0 Å². The van der Waals surface area contributed by atoms with Gasteiger partial charge in [-0.15, -0.1) is 0 Å². The number of amides is 1. The van der Waals surface area contributed by atoms with Gasteiger partial charge in [0.05, 0.1) is 34.3 Å². The van der Waals surface area contributed by atoms with Crippen molar-refractivity contribution in [3.63, 3.8) is 0 Å². The summed E-state index contributed by atoms with van der Waals surface area (Å²) in [6, 6.07) is 18.2. The second kappa shape index (κ2) is 10.1. The van der Waals surface area contributed by atoms with Crippen LogP contribution in [0.25, 0.3) is 0 Å². The molecule has 0 aliphatic heterocycles. The first-order chi connectivity index (χ1) is 15.2. The first-order valence-corrected chi connectivity index (χ1v) is 11.9. The molecular weight excluding hydrogens is 448 g/mol. The summed E-state index contributed by atoms with van der Waals surface area (Å²) in [5.74, 6) is 0.396. The molecule has 3 rings (SSSR count). The number of sulfonamides is 1. The van der Waals surface area contributed by atoms with Crippen molar-refractivity contribution in [2.24, 2.45) is 0 Å². The van der Waals surface area contributed by atoms with Crippen molar-refractivity contribution < 1.29 is 17.9 Å². The number of carbonyl (C=O) groups excluding carboxylic acids is 1. The smallest absolute Gasteiger partial charge is 0.261 e. The SMILES string of the molecule is CCC(NC(=O)c1ccc(NS(=O)(=O)c2ccc(C)cc2)cc1Cl)c1ccc(OC)cc1. The van der Waals surface area contributed by atoms with Gasteiger partial charge >= 0.3 is 0 Å². The van der Waals surface area contributed by atoms with Gasteiger partial charge in [0.15, 0.2) is 0 Å². The lowest BCUT2D eigenvalue weighted by Crippen LogP contribution is -2.28. The van der Waals surface area contributed by atoms with Crippen molar-refractivity contribution in [2.45, 2.75) is 31.2 Å². The van der Waals surface area contributed by atoms with Crippen molar-refractivity contribution in [1.82, 2.24) is 5.32 Å². The maximum atomic E-state index is 12.8. The molecule has 0 radical (unpaired) electrons. The van der Waals surface area contributed by atoms with Crippen molar-refractivity contribution in [2.75, 3.05) is 11.8 Å². The molecule has 3 aromatic carbocycles. The van der Waals surface area contributed by atoms with E-state index >= 15 is 0 Å². The second-order valence-electron chi connectivity index (χ2n) is 7.32. The Kier molecular flexibility index (Phi) is 7.43. The molecule has 8 heteroatoms. The Hall–Kier alpha value is -3.03. The molecular formula is C24H25ClN2O4S. The van der Waals surface area contributed by atoms with Crippen LogP contribution in [0.4, 0.5) is 5.69 Å². The lowest BCUT2D eigenvalue weighted by molar-refractivity contribution is 0.0935. The molecule has 6 nitrogen and oxygen atoms in total. The summed E-state index contributed by atoms with van der Waals surface area (Å²) >= 11 is 6.32. The number of hydrogen-bond donors (Lipinski definition) is 2. The highest BCUT2D eigenvalue weighted by molar-refractivity contribution is 7.92. The van der Waals surface area contributed by atoms with E-state index in [0.717, 1.165) is 16.9 Å². The summed E-state index contributed by atoms with van der Waals surface area (Å²) in [7, 11) is -2.17. The van der Waals surface area contributed by atoms with Crippen LogP contribution in [-0.4, -0.2) is 21.4 Å². The van der Waals surface area contributed by atoms with Gasteiger partial charge in [0, 0.05) is 0 Å². The number of anilines is 1. The summed E-state index contributed by atoms with van der Waals surface area (Å²) in [5, 5.41) is 3.12. The van der Waals surface area contributed by atoms with E-state index in [0.29, 0.717) is 6.42 Å². The standard InChI is InChI=1S/C24H25ClN2O4S/c1-4-23(17-7-10-19(31-3)11-8-17)26-24(28)21-14-9-18(15-22(21)25)27-32(29,30)20-12-5-16(2)6-13-20/h5-15,23,27H,4H2,1-3H3,(H,26,28). The van der Waals surface area contributed by atoms with Gasteiger partial charge in [-0.25, -0.2) is 8.42 Å². The predicted octanol–water partition coefficient (Wildman–Crippen LogP) is 5.34. The van der Waals surface area contributed by atoms with Crippen molar-refractivity contribution in [3.8, 4) is 5.75 Å². The van der Waals surface area contributed by atoms with Crippen molar-refractivity contribution in [3.05, 3.63) is 88.4 Å². The van der Waals surface area contributed by atoms with Crippen LogP contribution in [0, 0.1) is 6.92 Å². The Morgan fingerprint density at radius 1 is 1.03 bits per heavy atom. The number of rotatable bonds is 8. The van der Waals surface area contributed by atoms with Gasteiger partial charge in [-0.1, -0.05) is 48.4 Å². The van der Waals surface area contributed by atoms with Gasteiger partial charge in [-0.3, -0.25) is 9.52 Å². The topological polar surface area (TPSA) is 84.5 Å². The number of nitrogens with one attached hydrogen (secondary N) is 2. The van der Waals surface area contributed by atoms with Crippen LogP contribution >= 0.6 is 11.6 Å². The largest absolute Gasteiger partial charge is 0.497 e. The van der Waals surface area contributed by atoms with E-state index in [1.54, 1.807) is 19.2 Å². The van der Waals surface area contributed by atoms with Gasteiger partial charge in [0.2, 0.25) is 0 Å². The van der Waals surface area contributed by atoms with Crippen LogP contribution in [0.3, 0.4) is 0 Å². The number of hydrogen-bond acceptors (Lipinski definition) is 4. The molecule has 1 unspecified atom stereocenters. The van der Waals surface area contributed by atoms with Gasteiger partial charge < -0.3 is 10.1 Å². The molecule has 0 bridgehead atoms. The second-order valence-corrected chi connectivity index (χ2v) is 9.41. The predicted molar refractivity (Wildman–Crippen MR) is 127 cm³/mol. The third kappa shape index (κ3) is 5.60. The fraction of sp³-hybridized carbons (Fsp3) is 0.208. The van der Waals surface area contributed by atoms with E-state index in [9.17, 15) is 13.2 Å². The van der Waals surface area contributed by atoms with Crippen molar-refractivity contribution in [1.29, 1.82) is 0 Å². The summed E-state index contributed by atoms with van der Waals surface area (Å²) in [5.41, 5.74) is 2.44. The molecule has 168 valence electrons. The maximum absolute atomic E-state index is 12.8. The number of aryl methyl sites for hydroxylation is 1. The maximum Gasteiger partial charge on any atom is 0.261 e. The molecule has 0 aliphatic rings. The van der Waals surface area contributed by atoms with Crippen molar-refractivity contribution >= 4 is 33.2 Å². The number of halogens is 1. The quantitative estimate of drug-likeness (QED) is 0.463. The van der Waals surface area contributed by atoms with Gasteiger partial charge in [0.1, 0.15) is 5.75 Å². The van der Waals surface area contributed by atoms with E-state index in [-0.39, 0.29) is 33.1 Å². The Balaban J connectivity index is 1.74.